The molecule has 0 radical (unpaired) electrons. The van der Waals surface area contributed by atoms with Gasteiger partial charge >= 0.3 is 0 Å². The van der Waals surface area contributed by atoms with Crippen LogP contribution in [0.5, 0.6) is 0 Å². The third kappa shape index (κ3) is 2.82. The summed E-state index contributed by atoms with van der Waals surface area (Å²) in [5.41, 5.74) is 0. The Kier molecular flexibility index (Phi) is 4.52. The fourth-order valence-electron chi connectivity index (χ4n) is 3.39. The molecule has 21 heavy (non-hydrogen) atoms. The third-order valence-electron chi connectivity index (χ3n) is 4.67. The van der Waals surface area contributed by atoms with Gasteiger partial charge in [0.2, 0.25) is 5.91 Å². The Balaban J connectivity index is 1.85. The number of carbonyl (C=O) groups excluding carboxylic acids is 1. The maximum absolute atomic E-state index is 12.6. The minimum absolute atomic E-state index is 0.0251. The van der Waals surface area contributed by atoms with E-state index in [0.717, 1.165) is 44.0 Å². The van der Waals surface area contributed by atoms with Gasteiger partial charge in [-0.25, -0.2) is 0 Å². The second-order valence-corrected chi connectivity index (χ2v) is 7.18. The molecular formula is C15H24N4OS. The quantitative estimate of drug-likeness (QED) is 0.860. The molecule has 116 valence electrons. The van der Waals surface area contributed by atoms with Gasteiger partial charge in [0.15, 0.2) is 5.82 Å². The molecule has 1 aromatic heterocycles. The highest BCUT2D eigenvalue weighted by molar-refractivity contribution is 7.99. The Hall–Kier alpha value is -1.04. The zero-order valence-corrected chi connectivity index (χ0v) is 13.7. The van der Waals surface area contributed by atoms with E-state index in [9.17, 15) is 4.79 Å². The van der Waals surface area contributed by atoms with Gasteiger partial charge in [-0.3, -0.25) is 4.79 Å². The standard InChI is InChI=1S/C15H24N4OS/c1-11(21-2)15(20)18-10-6-7-12(18)14-17-16-13-8-4-3-5-9-19(13)14/h11-12H,3-10H2,1-2H3/t11-,12-/m0/s1. The van der Waals surface area contributed by atoms with E-state index in [1.807, 2.05) is 18.1 Å². The van der Waals surface area contributed by atoms with Gasteiger partial charge in [0.05, 0.1) is 11.3 Å². The number of aryl methyl sites for hydroxylation is 1. The highest BCUT2D eigenvalue weighted by Crippen LogP contribution is 2.33. The van der Waals surface area contributed by atoms with Crippen molar-refractivity contribution in [2.45, 2.75) is 63.3 Å². The average Bonchev–Trinajstić information content (AvgIpc) is 3.06. The van der Waals surface area contributed by atoms with E-state index >= 15 is 0 Å². The Labute approximate surface area is 130 Å². The number of hydrogen-bond donors (Lipinski definition) is 0. The zero-order valence-electron chi connectivity index (χ0n) is 12.9. The van der Waals surface area contributed by atoms with Crippen LogP contribution in [-0.2, 0) is 17.8 Å². The van der Waals surface area contributed by atoms with Gasteiger partial charge in [-0.15, -0.1) is 10.2 Å². The molecule has 0 spiro atoms. The van der Waals surface area contributed by atoms with Crippen LogP contribution in [0.1, 0.15) is 56.7 Å². The van der Waals surface area contributed by atoms with Crippen molar-refractivity contribution in [3.05, 3.63) is 11.6 Å². The van der Waals surface area contributed by atoms with Crippen molar-refractivity contribution in [3.63, 3.8) is 0 Å². The molecule has 0 saturated carbocycles. The summed E-state index contributed by atoms with van der Waals surface area (Å²) < 4.78 is 2.28. The van der Waals surface area contributed by atoms with Crippen molar-refractivity contribution >= 4 is 17.7 Å². The lowest BCUT2D eigenvalue weighted by atomic mass is 10.2. The molecule has 0 aliphatic carbocycles. The molecule has 0 N–H and O–H groups in total. The van der Waals surface area contributed by atoms with E-state index in [2.05, 4.69) is 14.8 Å². The van der Waals surface area contributed by atoms with Gasteiger partial charge < -0.3 is 9.47 Å². The fraction of sp³-hybridized carbons (Fsp3) is 0.800. The summed E-state index contributed by atoms with van der Waals surface area (Å²) >= 11 is 1.62. The maximum atomic E-state index is 12.6. The predicted octanol–water partition coefficient (Wildman–Crippen LogP) is 2.42. The van der Waals surface area contributed by atoms with Crippen LogP contribution in [0.3, 0.4) is 0 Å². The predicted molar refractivity (Wildman–Crippen MR) is 84.2 cm³/mol. The van der Waals surface area contributed by atoms with E-state index in [0.29, 0.717) is 0 Å². The Bertz CT molecular complexity index is 516. The number of fused-ring (bicyclic) bond motifs is 1. The number of rotatable bonds is 3. The molecule has 2 atom stereocenters. The molecule has 0 unspecified atom stereocenters. The molecule has 2 aliphatic heterocycles. The normalized spacial score (nSPS) is 23.7. The Morgan fingerprint density at radius 2 is 2.10 bits per heavy atom. The van der Waals surface area contributed by atoms with Crippen molar-refractivity contribution in [1.29, 1.82) is 0 Å². The number of amides is 1. The summed E-state index contributed by atoms with van der Waals surface area (Å²) in [5.74, 6) is 2.38. The molecule has 0 bridgehead atoms. The van der Waals surface area contributed by atoms with Gasteiger partial charge in [-0.1, -0.05) is 6.42 Å². The second kappa shape index (κ2) is 6.38. The summed E-state index contributed by atoms with van der Waals surface area (Å²) in [7, 11) is 0. The van der Waals surface area contributed by atoms with Crippen LogP contribution in [-0.4, -0.2) is 43.6 Å². The molecule has 1 amide bonds. The van der Waals surface area contributed by atoms with Crippen LogP contribution in [0.2, 0.25) is 0 Å². The van der Waals surface area contributed by atoms with E-state index in [1.165, 1.54) is 19.3 Å². The largest absolute Gasteiger partial charge is 0.331 e. The van der Waals surface area contributed by atoms with Gasteiger partial charge in [0.1, 0.15) is 5.82 Å². The van der Waals surface area contributed by atoms with Crippen LogP contribution in [0.15, 0.2) is 0 Å². The van der Waals surface area contributed by atoms with Crippen LogP contribution in [0.25, 0.3) is 0 Å². The fourth-order valence-corrected chi connectivity index (χ4v) is 3.72. The molecule has 1 saturated heterocycles. The number of carbonyl (C=O) groups is 1. The molecule has 0 aromatic carbocycles. The van der Waals surface area contributed by atoms with Crippen molar-refractivity contribution in [2.75, 3.05) is 12.8 Å². The summed E-state index contributed by atoms with van der Waals surface area (Å²) in [6.07, 6.45) is 8.77. The minimum Gasteiger partial charge on any atom is -0.331 e. The van der Waals surface area contributed by atoms with E-state index < -0.39 is 0 Å². The molecule has 6 heteroatoms. The highest BCUT2D eigenvalue weighted by atomic mass is 32.2. The second-order valence-electron chi connectivity index (χ2n) is 6.00. The summed E-state index contributed by atoms with van der Waals surface area (Å²) in [5, 5.41) is 8.87. The average molecular weight is 308 g/mol. The first-order valence-corrected chi connectivity index (χ1v) is 9.26. The Morgan fingerprint density at radius 3 is 2.90 bits per heavy atom. The first kappa shape index (κ1) is 14.9. The van der Waals surface area contributed by atoms with Gasteiger partial charge in [-0.2, -0.15) is 11.8 Å². The monoisotopic (exact) mass is 308 g/mol. The van der Waals surface area contributed by atoms with Crippen molar-refractivity contribution in [3.8, 4) is 0 Å². The summed E-state index contributed by atoms with van der Waals surface area (Å²) in [6, 6.07) is 0.131. The van der Waals surface area contributed by atoms with Crippen molar-refractivity contribution in [1.82, 2.24) is 19.7 Å². The zero-order chi connectivity index (χ0) is 14.8. The van der Waals surface area contributed by atoms with Crippen molar-refractivity contribution < 1.29 is 4.79 Å². The first-order valence-electron chi connectivity index (χ1n) is 7.97. The molecule has 1 fully saturated rings. The van der Waals surface area contributed by atoms with Crippen LogP contribution >= 0.6 is 11.8 Å². The van der Waals surface area contributed by atoms with E-state index in [1.54, 1.807) is 11.8 Å². The topological polar surface area (TPSA) is 51.0 Å². The number of aromatic nitrogens is 3. The molecular weight excluding hydrogens is 284 g/mol. The summed E-state index contributed by atoms with van der Waals surface area (Å²) in [6.45, 7) is 3.86. The maximum Gasteiger partial charge on any atom is 0.236 e. The molecule has 1 aromatic rings. The molecule has 5 nitrogen and oxygen atoms in total. The van der Waals surface area contributed by atoms with Crippen LogP contribution in [0.4, 0.5) is 0 Å². The van der Waals surface area contributed by atoms with Crippen molar-refractivity contribution in [2.24, 2.45) is 0 Å². The lowest BCUT2D eigenvalue weighted by Crippen LogP contribution is -2.37. The SMILES string of the molecule is CS[C@@H](C)C(=O)N1CCC[C@H]1c1nnc2n1CCCCC2. The van der Waals surface area contributed by atoms with Gasteiger partial charge in [-0.05, 0) is 38.9 Å². The first-order chi connectivity index (χ1) is 10.2. The third-order valence-corrected chi connectivity index (χ3v) is 5.58. The molecule has 2 aliphatic rings. The lowest BCUT2D eigenvalue weighted by molar-refractivity contribution is -0.131. The van der Waals surface area contributed by atoms with Gasteiger partial charge in [0.25, 0.3) is 0 Å². The lowest BCUT2D eigenvalue weighted by Gasteiger charge is -2.26. The van der Waals surface area contributed by atoms with Crippen LogP contribution in [0, 0.1) is 0 Å². The van der Waals surface area contributed by atoms with E-state index in [-0.39, 0.29) is 17.2 Å². The molecule has 3 heterocycles. The Morgan fingerprint density at radius 1 is 1.24 bits per heavy atom. The van der Waals surface area contributed by atoms with E-state index in [4.69, 9.17) is 0 Å². The van der Waals surface area contributed by atoms with Gasteiger partial charge in [0, 0.05) is 19.5 Å². The highest BCUT2D eigenvalue weighted by Gasteiger charge is 2.35. The number of likely N-dealkylation sites (tertiary alicyclic amines) is 1. The number of nitrogens with zero attached hydrogens (tertiary/aromatic N) is 4. The summed E-state index contributed by atoms with van der Waals surface area (Å²) in [4.78, 5) is 14.6. The smallest absolute Gasteiger partial charge is 0.236 e. The van der Waals surface area contributed by atoms with Crippen LogP contribution < -0.4 is 0 Å². The number of hydrogen-bond acceptors (Lipinski definition) is 4. The minimum atomic E-state index is 0.0251. The number of thioether (sulfide) groups is 1. The molecule has 3 rings (SSSR count).